The maximum Gasteiger partial charge on any atom is 0.137 e. The summed E-state index contributed by atoms with van der Waals surface area (Å²) in [5.74, 6) is 0.512. The van der Waals surface area contributed by atoms with Gasteiger partial charge in [-0.1, -0.05) is 12.1 Å². The van der Waals surface area contributed by atoms with Crippen LogP contribution in [0.25, 0.3) is 0 Å². The van der Waals surface area contributed by atoms with Gasteiger partial charge in [0, 0.05) is 10.5 Å². The van der Waals surface area contributed by atoms with Gasteiger partial charge in [0.05, 0.1) is 4.47 Å². The smallest absolute Gasteiger partial charge is 0.137 e. The van der Waals surface area contributed by atoms with Crippen molar-refractivity contribution in [2.75, 3.05) is 6.26 Å². The van der Waals surface area contributed by atoms with Crippen LogP contribution in [0.15, 0.2) is 51.8 Å². The molecule has 0 unspecified atom stereocenters. The first-order valence-electron chi connectivity index (χ1n) is 5.40. The average Bonchev–Trinajstić information content (AvgIpc) is 2.41. The third-order valence-corrected chi connectivity index (χ3v) is 4.12. The highest BCUT2D eigenvalue weighted by Gasteiger charge is 2.05. The van der Waals surface area contributed by atoms with Gasteiger partial charge < -0.3 is 4.74 Å². The van der Waals surface area contributed by atoms with Crippen LogP contribution < -0.4 is 4.74 Å². The SMILES string of the molecule is CSc1ccc(OCc2cccc(F)c2Br)cc1. The molecule has 0 aliphatic heterocycles. The summed E-state index contributed by atoms with van der Waals surface area (Å²) in [6.07, 6.45) is 2.03. The number of thioether (sulfide) groups is 1. The van der Waals surface area contributed by atoms with Crippen LogP contribution in [0.3, 0.4) is 0 Å². The minimum atomic E-state index is -0.270. The van der Waals surface area contributed by atoms with Crippen molar-refractivity contribution in [2.45, 2.75) is 11.5 Å². The quantitative estimate of drug-likeness (QED) is 0.740. The lowest BCUT2D eigenvalue weighted by molar-refractivity contribution is 0.304. The number of benzene rings is 2. The lowest BCUT2D eigenvalue weighted by Gasteiger charge is -2.08. The molecule has 0 saturated heterocycles. The molecule has 4 heteroatoms. The maximum atomic E-state index is 13.3. The van der Waals surface area contributed by atoms with Crippen molar-refractivity contribution in [3.8, 4) is 5.75 Å². The molecule has 94 valence electrons. The van der Waals surface area contributed by atoms with E-state index in [1.165, 1.54) is 11.0 Å². The van der Waals surface area contributed by atoms with Crippen molar-refractivity contribution in [2.24, 2.45) is 0 Å². The van der Waals surface area contributed by atoms with E-state index in [0.29, 0.717) is 11.1 Å². The van der Waals surface area contributed by atoms with E-state index in [1.807, 2.05) is 36.6 Å². The zero-order valence-corrected chi connectivity index (χ0v) is 12.2. The number of halogens is 2. The van der Waals surface area contributed by atoms with Gasteiger partial charge in [0.25, 0.3) is 0 Å². The Kier molecular flexibility index (Phi) is 4.66. The van der Waals surface area contributed by atoms with E-state index in [2.05, 4.69) is 15.9 Å². The lowest BCUT2D eigenvalue weighted by Crippen LogP contribution is -1.97. The number of rotatable bonds is 4. The van der Waals surface area contributed by atoms with Crippen LogP contribution >= 0.6 is 27.7 Å². The molecule has 0 aliphatic carbocycles. The average molecular weight is 327 g/mol. The van der Waals surface area contributed by atoms with Crippen molar-refractivity contribution in [1.29, 1.82) is 0 Å². The Bertz CT molecular complexity index is 528. The highest BCUT2D eigenvalue weighted by molar-refractivity contribution is 9.10. The van der Waals surface area contributed by atoms with Gasteiger partial charge in [-0.25, -0.2) is 4.39 Å². The summed E-state index contributed by atoms with van der Waals surface area (Å²) in [5, 5.41) is 0. The second-order valence-electron chi connectivity index (χ2n) is 3.68. The summed E-state index contributed by atoms with van der Waals surface area (Å²) in [5.41, 5.74) is 0.795. The van der Waals surface area contributed by atoms with Crippen LogP contribution in [0, 0.1) is 5.82 Å². The van der Waals surface area contributed by atoms with E-state index in [1.54, 1.807) is 17.8 Å². The van der Waals surface area contributed by atoms with E-state index in [-0.39, 0.29) is 5.82 Å². The first-order valence-corrected chi connectivity index (χ1v) is 7.42. The molecule has 0 radical (unpaired) electrons. The second-order valence-corrected chi connectivity index (χ2v) is 5.35. The standard InChI is InChI=1S/C14H12BrFOS/c1-18-12-7-5-11(6-8-12)17-9-10-3-2-4-13(16)14(10)15/h2-8H,9H2,1H3. The Balaban J connectivity index is 2.04. The topological polar surface area (TPSA) is 9.23 Å². The van der Waals surface area contributed by atoms with Gasteiger partial charge in [0.1, 0.15) is 18.2 Å². The molecule has 0 fully saturated rings. The molecule has 0 saturated carbocycles. The summed E-state index contributed by atoms with van der Waals surface area (Å²) < 4.78 is 19.4. The molecule has 0 amide bonds. The predicted octanol–water partition coefficient (Wildman–Crippen LogP) is 4.89. The van der Waals surface area contributed by atoms with Gasteiger partial charge in [-0.3, -0.25) is 0 Å². The largest absolute Gasteiger partial charge is 0.489 e. The van der Waals surface area contributed by atoms with Crippen LogP contribution in [-0.4, -0.2) is 6.26 Å². The molecule has 2 aromatic rings. The Morgan fingerprint density at radius 3 is 2.56 bits per heavy atom. The van der Waals surface area contributed by atoms with Gasteiger partial charge in [-0.05, 0) is 52.5 Å². The number of hydrogen-bond donors (Lipinski definition) is 0. The molecule has 2 rings (SSSR count). The molecule has 0 atom stereocenters. The third kappa shape index (κ3) is 3.27. The first kappa shape index (κ1) is 13.4. The molecular formula is C14H12BrFOS. The predicted molar refractivity (Wildman–Crippen MR) is 76.7 cm³/mol. The molecule has 18 heavy (non-hydrogen) atoms. The number of hydrogen-bond acceptors (Lipinski definition) is 2. The van der Waals surface area contributed by atoms with Crippen molar-refractivity contribution >= 4 is 27.7 Å². The van der Waals surface area contributed by atoms with E-state index < -0.39 is 0 Å². The fourth-order valence-corrected chi connectivity index (χ4v) is 2.28. The van der Waals surface area contributed by atoms with Crippen LogP contribution in [0.2, 0.25) is 0 Å². The minimum Gasteiger partial charge on any atom is -0.489 e. The first-order chi connectivity index (χ1) is 8.70. The molecule has 1 nitrogen and oxygen atoms in total. The Morgan fingerprint density at radius 1 is 1.17 bits per heavy atom. The number of ether oxygens (including phenoxy) is 1. The highest BCUT2D eigenvalue weighted by atomic mass is 79.9. The van der Waals surface area contributed by atoms with Crippen LogP contribution in [0.1, 0.15) is 5.56 Å². The minimum absolute atomic E-state index is 0.270. The van der Waals surface area contributed by atoms with Crippen molar-refractivity contribution < 1.29 is 9.13 Å². The van der Waals surface area contributed by atoms with Crippen LogP contribution in [0.5, 0.6) is 5.75 Å². The van der Waals surface area contributed by atoms with E-state index >= 15 is 0 Å². The lowest BCUT2D eigenvalue weighted by atomic mass is 10.2. The monoisotopic (exact) mass is 326 g/mol. The third-order valence-electron chi connectivity index (χ3n) is 2.49. The van der Waals surface area contributed by atoms with Crippen molar-refractivity contribution in [3.63, 3.8) is 0 Å². The van der Waals surface area contributed by atoms with Gasteiger partial charge in [0.2, 0.25) is 0 Å². The summed E-state index contributed by atoms with van der Waals surface area (Å²) in [4.78, 5) is 1.19. The van der Waals surface area contributed by atoms with Gasteiger partial charge >= 0.3 is 0 Å². The Morgan fingerprint density at radius 2 is 1.89 bits per heavy atom. The fourth-order valence-electron chi connectivity index (χ4n) is 1.49. The molecule has 2 aromatic carbocycles. The molecular weight excluding hydrogens is 315 g/mol. The molecule has 0 spiro atoms. The zero-order chi connectivity index (χ0) is 13.0. The fraction of sp³-hybridized carbons (Fsp3) is 0.143. The van der Waals surface area contributed by atoms with E-state index in [4.69, 9.17) is 4.74 Å². The van der Waals surface area contributed by atoms with Crippen LogP contribution in [0.4, 0.5) is 4.39 Å². The van der Waals surface area contributed by atoms with Crippen LogP contribution in [-0.2, 0) is 6.61 Å². The van der Waals surface area contributed by atoms with Crippen molar-refractivity contribution in [1.82, 2.24) is 0 Å². The summed E-state index contributed by atoms with van der Waals surface area (Å²) in [6.45, 7) is 0.344. The van der Waals surface area contributed by atoms with E-state index in [0.717, 1.165) is 11.3 Å². The van der Waals surface area contributed by atoms with Crippen molar-refractivity contribution in [3.05, 3.63) is 58.3 Å². The Labute approximate surface area is 118 Å². The molecule has 0 aliphatic rings. The van der Waals surface area contributed by atoms with Gasteiger partial charge in [-0.15, -0.1) is 11.8 Å². The van der Waals surface area contributed by atoms with Gasteiger partial charge in [-0.2, -0.15) is 0 Å². The van der Waals surface area contributed by atoms with Gasteiger partial charge in [0.15, 0.2) is 0 Å². The normalized spacial score (nSPS) is 10.4. The Hall–Kier alpha value is -1.00. The molecule has 0 heterocycles. The molecule has 0 bridgehead atoms. The zero-order valence-electron chi connectivity index (χ0n) is 9.82. The molecule has 0 aromatic heterocycles. The van der Waals surface area contributed by atoms with E-state index in [9.17, 15) is 4.39 Å². The molecule has 0 N–H and O–H groups in total. The summed E-state index contributed by atoms with van der Waals surface area (Å²) in [7, 11) is 0. The summed E-state index contributed by atoms with van der Waals surface area (Å²) >= 11 is 4.90. The maximum absolute atomic E-state index is 13.3. The highest BCUT2D eigenvalue weighted by Crippen LogP contribution is 2.23. The summed E-state index contributed by atoms with van der Waals surface area (Å²) in [6, 6.07) is 12.8. The second kappa shape index (κ2) is 6.25.